The van der Waals surface area contributed by atoms with Crippen molar-refractivity contribution < 1.29 is 9.53 Å². The van der Waals surface area contributed by atoms with Crippen molar-refractivity contribution >= 4 is 18.3 Å². The molecule has 0 saturated heterocycles. The SMILES string of the molecule is COCC(N)C(=O)N(C)C1CCC(C)CC1.Cl. The highest BCUT2D eigenvalue weighted by Crippen LogP contribution is 2.26. The zero-order valence-electron chi connectivity index (χ0n) is 11.0. The molecule has 1 saturated carbocycles. The molecular formula is C12H25ClN2O2. The quantitative estimate of drug-likeness (QED) is 0.836. The molecule has 1 atom stereocenters. The lowest BCUT2D eigenvalue weighted by molar-refractivity contribution is -0.135. The number of halogens is 1. The number of hydrogen-bond donors (Lipinski definition) is 1. The van der Waals surface area contributed by atoms with Crippen LogP contribution in [0, 0.1) is 5.92 Å². The van der Waals surface area contributed by atoms with E-state index in [0.29, 0.717) is 12.6 Å². The van der Waals surface area contributed by atoms with Crippen LogP contribution >= 0.6 is 12.4 Å². The Balaban J connectivity index is 0.00000256. The summed E-state index contributed by atoms with van der Waals surface area (Å²) in [5, 5.41) is 0. The molecule has 1 fully saturated rings. The van der Waals surface area contributed by atoms with Gasteiger partial charge in [-0.05, 0) is 31.6 Å². The van der Waals surface area contributed by atoms with Crippen molar-refractivity contribution in [2.24, 2.45) is 11.7 Å². The first-order valence-corrected chi connectivity index (χ1v) is 6.07. The minimum absolute atomic E-state index is 0. The summed E-state index contributed by atoms with van der Waals surface area (Å²) in [5.74, 6) is 0.800. The lowest BCUT2D eigenvalue weighted by atomic mass is 9.86. The Hall–Kier alpha value is -0.320. The fourth-order valence-electron chi connectivity index (χ4n) is 2.32. The molecule has 102 valence electrons. The van der Waals surface area contributed by atoms with Crippen molar-refractivity contribution in [2.75, 3.05) is 20.8 Å². The van der Waals surface area contributed by atoms with Gasteiger partial charge in [-0.15, -0.1) is 12.4 Å². The molecule has 0 aliphatic heterocycles. The van der Waals surface area contributed by atoms with Gasteiger partial charge >= 0.3 is 0 Å². The molecule has 4 nitrogen and oxygen atoms in total. The molecule has 0 aromatic heterocycles. The number of amides is 1. The van der Waals surface area contributed by atoms with E-state index in [-0.39, 0.29) is 18.3 Å². The van der Waals surface area contributed by atoms with E-state index < -0.39 is 6.04 Å². The Morgan fingerprint density at radius 2 is 1.94 bits per heavy atom. The molecule has 0 heterocycles. The van der Waals surface area contributed by atoms with Gasteiger partial charge in [0, 0.05) is 20.2 Å². The molecule has 0 spiro atoms. The van der Waals surface area contributed by atoms with Crippen molar-refractivity contribution in [1.82, 2.24) is 4.90 Å². The Bertz CT molecular complexity index is 231. The normalized spacial score (nSPS) is 25.9. The number of nitrogens with zero attached hydrogens (tertiary/aromatic N) is 1. The zero-order valence-corrected chi connectivity index (χ0v) is 11.8. The van der Waals surface area contributed by atoms with Crippen LogP contribution in [0.15, 0.2) is 0 Å². The van der Waals surface area contributed by atoms with Gasteiger partial charge in [-0.1, -0.05) is 6.92 Å². The Morgan fingerprint density at radius 1 is 1.41 bits per heavy atom. The summed E-state index contributed by atoms with van der Waals surface area (Å²) in [4.78, 5) is 13.7. The average Bonchev–Trinajstić information content (AvgIpc) is 2.28. The first kappa shape index (κ1) is 16.7. The van der Waals surface area contributed by atoms with E-state index in [0.717, 1.165) is 18.8 Å². The van der Waals surface area contributed by atoms with Crippen LogP contribution in [0.5, 0.6) is 0 Å². The van der Waals surface area contributed by atoms with Crippen LogP contribution in [0.25, 0.3) is 0 Å². The van der Waals surface area contributed by atoms with Crippen LogP contribution in [0.2, 0.25) is 0 Å². The van der Waals surface area contributed by atoms with Gasteiger partial charge in [0.15, 0.2) is 0 Å². The van der Waals surface area contributed by atoms with E-state index in [2.05, 4.69) is 6.92 Å². The third-order valence-corrected chi connectivity index (χ3v) is 3.54. The third-order valence-electron chi connectivity index (χ3n) is 3.54. The van der Waals surface area contributed by atoms with E-state index in [9.17, 15) is 4.79 Å². The van der Waals surface area contributed by atoms with Crippen LogP contribution < -0.4 is 5.73 Å². The molecule has 1 aliphatic carbocycles. The van der Waals surface area contributed by atoms with Crippen molar-refractivity contribution in [3.63, 3.8) is 0 Å². The molecule has 1 amide bonds. The predicted molar refractivity (Wildman–Crippen MR) is 71.3 cm³/mol. The maximum absolute atomic E-state index is 11.9. The van der Waals surface area contributed by atoms with Crippen LogP contribution in [-0.2, 0) is 9.53 Å². The second kappa shape index (κ2) is 7.90. The summed E-state index contributed by atoms with van der Waals surface area (Å²) in [7, 11) is 3.42. The number of carbonyl (C=O) groups excluding carboxylic acids is 1. The van der Waals surface area contributed by atoms with Crippen molar-refractivity contribution in [1.29, 1.82) is 0 Å². The number of carbonyl (C=O) groups is 1. The van der Waals surface area contributed by atoms with Gasteiger partial charge in [0.2, 0.25) is 5.91 Å². The fourth-order valence-corrected chi connectivity index (χ4v) is 2.32. The second-order valence-electron chi connectivity index (χ2n) is 4.92. The Morgan fingerprint density at radius 3 is 2.41 bits per heavy atom. The van der Waals surface area contributed by atoms with Gasteiger partial charge in [-0.25, -0.2) is 0 Å². The predicted octanol–water partition coefficient (Wildman–Crippen LogP) is 1.42. The lowest BCUT2D eigenvalue weighted by Gasteiger charge is -2.34. The summed E-state index contributed by atoms with van der Waals surface area (Å²) < 4.78 is 4.91. The first-order chi connectivity index (χ1) is 7.56. The molecule has 0 bridgehead atoms. The minimum Gasteiger partial charge on any atom is -0.383 e. The van der Waals surface area contributed by atoms with E-state index >= 15 is 0 Å². The fraction of sp³-hybridized carbons (Fsp3) is 0.917. The van der Waals surface area contributed by atoms with Crippen LogP contribution in [-0.4, -0.2) is 43.7 Å². The zero-order chi connectivity index (χ0) is 12.1. The molecule has 5 heteroatoms. The highest BCUT2D eigenvalue weighted by molar-refractivity contribution is 5.85. The first-order valence-electron chi connectivity index (χ1n) is 6.07. The van der Waals surface area contributed by atoms with E-state index in [4.69, 9.17) is 10.5 Å². The van der Waals surface area contributed by atoms with E-state index in [1.165, 1.54) is 12.8 Å². The average molecular weight is 265 g/mol. The third kappa shape index (κ3) is 4.82. The molecule has 17 heavy (non-hydrogen) atoms. The molecular weight excluding hydrogens is 240 g/mol. The lowest BCUT2D eigenvalue weighted by Crippen LogP contribution is -2.49. The largest absolute Gasteiger partial charge is 0.383 e. The monoisotopic (exact) mass is 264 g/mol. The van der Waals surface area contributed by atoms with Crippen LogP contribution in [0.1, 0.15) is 32.6 Å². The summed E-state index contributed by atoms with van der Waals surface area (Å²) in [6, 6.07) is -0.152. The van der Waals surface area contributed by atoms with Crippen molar-refractivity contribution in [2.45, 2.75) is 44.7 Å². The highest BCUT2D eigenvalue weighted by atomic mass is 35.5. The van der Waals surface area contributed by atoms with Gasteiger partial charge in [-0.3, -0.25) is 4.79 Å². The Kier molecular flexibility index (Phi) is 7.75. The number of methoxy groups -OCH3 is 1. The topological polar surface area (TPSA) is 55.6 Å². The maximum Gasteiger partial charge on any atom is 0.241 e. The molecule has 0 aromatic rings. The molecule has 0 aromatic carbocycles. The summed E-state index contributed by atoms with van der Waals surface area (Å²) in [6.07, 6.45) is 4.62. The molecule has 1 unspecified atom stereocenters. The number of ether oxygens (including phenoxy) is 1. The van der Waals surface area contributed by atoms with Gasteiger partial charge < -0.3 is 15.4 Å². The number of likely N-dealkylation sites (N-methyl/N-ethyl adjacent to an activating group) is 1. The smallest absolute Gasteiger partial charge is 0.241 e. The molecule has 2 N–H and O–H groups in total. The minimum atomic E-state index is -0.519. The second-order valence-corrected chi connectivity index (χ2v) is 4.92. The van der Waals surface area contributed by atoms with Gasteiger partial charge in [0.05, 0.1) is 6.61 Å². The van der Waals surface area contributed by atoms with Gasteiger partial charge in [-0.2, -0.15) is 0 Å². The van der Waals surface area contributed by atoms with Crippen LogP contribution in [0.3, 0.4) is 0 Å². The van der Waals surface area contributed by atoms with Crippen molar-refractivity contribution in [3.05, 3.63) is 0 Å². The maximum atomic E-state index is 11.9. The summed E-state index contributed by atoms with van der Waals surface area (Å²) in [5.41, 5.74) is 5.75. The number of rotatable bonds is 4. The van der Waals surface area contributed by atoms with E-state index in [1.807, 2.05) is 11.9 Å². The van der Waals surface area contributed by atoms with Gasteiger partial charge in [0.25, 0.3) is 0 Å². The van der Waals surface area contributed by atoms with Gasteiger partial charge in [0.1, 0.15) is 6.04 Å². The summed E-state index contributed by atoms with van der Waals surface area (Å²) in [6.45, 7) is 2.57. The molecule has 1 aliphatic rings. The standard InChI is InChI=1S/C12H24N2O2.ClH/c1-9-4-6-10(7-5-9)14(2)12(15)11(13)8-16-3;/h9-11H,4-8,13H2,1-3H3;1H. The van der Waals surface area contributed by atoms with Crippen LogP contribution in [0.4, 0.5) is 0 Å². The molecule has 0 radical (unpaired) electrons. The number of nitrogens with two attached hydrogens (primary N) is 1. The number of hydrogen-bond acceptors (Lipinski definition) is 3. The molecule has 1 rings (SSSR count). The van der Waals surface area contributed by atoms with Crippen molar-refractivity contribution in [3.8, 4) is 0 Å². The highest BCUT2D eigenvalue weighted by Gasteiger charge is 2.27. The van der Waals surface area contributed by atoms with E-state index in [1.54, 1.807) is 7.11 Å². The Labute approximate surface area is 110 Å². The summed E-state index contributed by atoms with van der Waals surface area (Å²) >= 11 is 0.